The van der Waals surface area contributed by atoms with Crippen LogP contribution in [0.3, 0.4) is 0 Å². The van der Waals surface area contributed by atoms with Gasteiger partial charge in [0, 0.05) is 31.0 Å². The first-order chi connectivity index (χ1) is 9.81. The highest BCUT2D eigenvalue weighted by Crippen LogP contribution is 2.37. The van der Waals surface area contributed by atoms with Crippen LogP contribution in [0.2, 0.25) is 0 Å². The number of rotatable bonds is 3. The van der Waals surface area contributed by atoms with Crippen LogP contribution in [0.4, 0.5) is 5.82 Å². The van der Waals surface area contributed by atoms with Gasteiger partial charge in [0.25, 0.3) is 0 Å². The van der Waals surface area contributed by atoms with Crippen LogP contribution in [0.15, 0.2) is 24.7 Å². The average Bonchev–Trinajstić information content (AvgIpc) is 2.99. The van der Waals surface area contributed by atoms with Crippen molar-refractivity contribution < 1.29 is 0 Å². The highest BCUT2D eigenvalue weighted by Gasteiger charge is 2.38. The highest BCUT2D eigenvalue weighted by atomic mass is 15.2. The summed E-state index contributed by atoms with van der Waals surface area (Å²) in [5.41, 5.74) is 1.06. The number of piperidine rings is 1. The molecule has 0 saturated carbocycles. The van der Waals surface area contributed by atoms with Crippen molar-refractivity contribution in [3.05, 3.63) is 24.7 Å². The number of aromatic nitrogens is 3. The zero-order chi connectivity index (χ0) is 13.5. The third-order valence-electron chi connectivity index (χ3n) is 5.08. The van der Waals surface area contributed by atoms with Gasteiger partial charge in [-0.25, -0.2) is 9.50 Å². The predicted molar refractivity (Wildman–Crippen MR) is 78.8 cm³/mol. The van der Waals surface area contributed by atoms with E-state index in [-0.39, 0.29) is 0 Å². The van der Waals surface area contributed by atoms with E-state index in [4.69, 9.17) is 0 Å². The van der Waals surface area contributed by atoms with E-state index in [1.807, 2.05) is 23.0 Å². The van der Waals surface area contributed by atoms with Gasteiger partial charge >= 0.3 is 0 Å². The molecule has 5 heteroatoms. The minimum Gasteiger partial charge on any atom is -0.368 e. The molecular weight excluding hydrogens is 250 g/mol. The fourth-order valence-electron chi connectivity index (χ4n) is 3.93. The van der Waals surface area contributed by atoms with Gasteiger partial charge in [-0.05, 0) is 44.7 Å². The lowest BCUT2D eigenvalue weighted by molar-refractivity contribution is 0.139. The van der Waals surface area contributed by atoms with Gasteiger partial charge in [-0.3, -0.25) is 0 Å². The number of fused-ring (bicyclic) bond motifs is 3. The van der Waals surface area contributed by atoms with Crippen molar-refractivity contribution in [2.75, 3.05) is 18.9 Å². The standard InChI is InChI=1S/C15H21N5/c1-19-12-2-3-13(19)9-11(8-12)10-17-15-14-4-5-18-20(14)7-6-16-15/h4-7,11-13H,2-3,8-10H2,1H3,(H,16,17). The molecule has 0 aromatic carbocycles. The molecule has 0 amide bonds. The van der Waals surface area contributed by atoms with Crippen LogP contribution < -0.4 is 5.32 Å². The number of nitrogens with one attached hydrogen (secondary N) is 1. The third-order valence-corrected chi connectivity index (χ3v) is 5.08. The monoisotopic (exact) mass is 271 g/mol. The molecule has 2 aromatic rings. The lowest BCUT2D eigenvalue weighted by Crippen LogP contribution is -2.41. The van der Waals surface area contributed by atoms with Gasteiger partial charge in [-0.1, -0.05) is 0 Å². The van der Waals surface area contributed by atoms with Gasteiger partial charge in [-0.15, -0.1) is 0 Å². The number of anilines is 1. The molecular formula is C15H21N5. The van der Waals surface area contributed by atoms with Gasteiger partial charge < -0.3 is 10.2 Å². The molecule has 5 nitrogen and oxygen atoms in total. The van der Waals surface area contributed by atoms with Crippen LogP contribution in [0.1, 0.15) is 25.7 Å². The fraction of sp³-hybridized carbons (Fsp3) is 0.600. The average molecular weight is 271 g/mol. The van der Waals surface area contributed by atoms with Crippen molar-refractivity contribution in [2.24, 2.45) is 5.92 Å². The topological polar surface area (TPSA) is 45.5 Å². The maximum atomic E-state index is 4.45. The Labute approximate surface area is 119 Å². The number of hydrogen-bond acceptors (Lipinski definition) is 4. The summed E-state index contributed by atoms with van der Waals surface area (Å²) in [4.78, 5) is 7.04. The SMILES string of the molecule is CN1C2CCC1CC(CNc1nccn3nccc13)C2. The first kappa shape index (κ1) is 12.1. The van der Waals surface area contributed by atoms with Crippen molar-refractivity contribution in [3.63, 3.8) is 0 Å². The Morgan fingerprint density at radius 3 is 2.85 bits per heavy atom. The van der Waals surface area contributed by atoms with E-state index in [9.17, 15) is 0 Å². The zero-order valence-corrected chi connectivity index (χ0v) is 11.9. The third kappa shape index (κ3) is 1.97. The lowest BCUT2D eigenvalue weighted by Gasteiger charge is -2.36. The van der Waals surface area contributed by atoms with E-state index in [2.05, 4.69) is 27.3 Å². The van der Waals surface area contributed by atoms with Crippen molar-refractivity contribution >= 4 is 11.3 Å². The molecule has 2 aliphatic rings. The van der Waals surface area contributed by atoms with E-state index < -0.39 is 0 Å². The van der Waals surface area contributed by atoms with Crippen LogP contribution in [-0.4, -0.2) is 45.2 Å². The molecule has 2 fully saturated rings. The first-order valence-corrected chi connectivity index (χ1v) is 7.55. The molecule has 20 heavy (non-hydrogen) atoms. The van der Waals surface area contributed by atoms with Crippen LogP contribution >= 0.6 is 0 Å². The minimum absolute atomic E-state index is 0.772. The quantitative estimate of drug-likeness (QED) is 0.927. The second-order valence-electron chi connectivity index (χ2n) is 6.21. The molecule has 2 atom stereocenters. The molecule has 2 aromatic heterocycles. The maximum Gasteiger partial charge on any atom is 0.152 e. The second kappa shape index (κ2) is 4.74. The summed E-state index contributed by atoms with van der Waals surface area (Å²) >= 11 is 0. The summed E-state index contributed by atoms with van der Waals surface area (Å²) in [6.45, 7) is 1.03. The van der Waals surface area contributed by atoms with Gasteiger partial charge in [-0.2, -0.15) is 5.10 Å². The Bertz CT molecular complexity index is 593. The van der Waals surface area contributed by atoms with Crippen molar-refractivity contribution in [3.8, 4) is 0 Å². The second-order valence-corrected chi connectivity index (χ2v) is 6.21. The van der Waals surface area contributed by atoms with E-state index >= 15 is 0 Å². The molecule has 2 unspecified atom stereocenters. The predicted octanol–water partition coefficient (Wildman–Crippen LogP) is 2.01. The maximum absolute atomic E-state index is 4.45. The van der Waals surface area contributed by atoms with E-state index in [1.165, 1.54) is 25.7 Å². The Morgan fingerprint density at radius 1 is 1.25 bits per heavy atom. The van der Waals surface area contributed by atoms with E-state index in [0.29, 0.717) is 0 Å². The van der Waals surface area contributed by atoms with Gasteiger partial charge in [0.1, 0.15) is 5.52 Å². The summed E-state index contributed by atoms with van der Waals surface area (Å²) in [6.07, 6.45) is 10.9. The molecule has 0 radical (unpaired) electrons. The number of nitrogens with zero attached hydrogens (tertiary/aromatic N) is 4. The minimum atomic E-state index is 0.772. The molecule has 4 rings (SSSR count). The zero-order valence-electron chi connectivity index (χ0n) is 11.9. The Balaban J connectivity index is 1.45. The Kier molecular flexibility index (Phi) is 2.88. The first-order valence-electron chi connectivity index (χ1n) is 7.55. The van der Waals surface area contributed by atoms with Gasteiger partial charge in [0.2, 0.25) is 0 Å². The summed E-state index contributed by atoms with van der Waals surface area (Å²) in [5.74, 6) is 1.73. The molecule has 0 spiro atoms. The normalized spacial score (nSPS) is 29.9. The van der Waals surface area contributed by atoms with Crippen molar-refractivity contribution in [1.29, 1.82) is 0 Å². The molecule has 2 aliphatic heterocycles. The summed E-state index contributed by atoms with van der Waals surface area (Å²) in [7, 11) is 2.29. The molecule has 2 bridgehead atoms. The number of hydrogen-bond donors (Lipinski definition) is 1. The van der Waals surface area contributed by atoms with Crippen LogP contribution in [-0.2, 0) is 0 Å². The smallest absolute Gasteiger partial charge is 0.152 e. The van der Waals surface area contributed by atoms with Crippen LogP contribution in [0, 0.1) is 5.92 Å². The largest absolute Gasteiger partial charge is 0.368 e. The van der Waals surface area contributed by atoms with Crippen LogP contribution in [0.5, 0.6) is 0 Å². The molecule has 1 N–H and O–H groups in total. The Hall–Kier alpha value is -1.62. The summed E-state index contributed by atoms with van der Waals surface area (Å²) in [5, 5.41) is 7.78. The van der Waals surface area contributed by atoms with Gasteiger partial charge in [0.15, 0.2) is 5.82 Å². The molecule has 106 valence electrons. The van der Waals surface area contributed by atoms with Gasteiger partial charge in [0.05, 0.1) is 6.20 Å². The molecule has 0 aliphatic carbocycles. The van der Waals surface area contributed by atoms with E-state index in [1.54, 1.807) is 6.20 Å². The summed E-state index contributed by atoms with van der Waals surface area (Å²) < 4.78 is 1.87. The van der Waals surface area contributed by atoms with E-state index in [0.717, 1.165) is 35.9 Å². The van der Waals surface area contributed by atoms with Crippen molar-refractivity contribution in [2.45, 2.75) is 37.8 Å². The molecule has 2 saturated heterocycles. The summed E-state index contributed by atoms with van der Waals surface area (Å²) in [6, 6.07) is 3.62. The Morgan fingerprint density at radius 2 is 2.05 bits per heavy atom. The lowest BCUT2D eigenvalue weighted by atomic mass is 9.91. The molecule has 4 heterocycles. The highest BCUT2D eigenvalue weighted by molar-refractivity contribution is 5.66. The van der Waals surface area contributed by atoms with Crippen LogP contribution in [0.25, 0.3) is 5.52 Å². The van der Waals surface area contributed by atoms with Crippen molar-refractivity contribution in [1.82, 2.24) is 19.5 Å². The fourth-order valence-corrected chi connectivity index (χ4v) is 3.93.